The molecule has 29 heavy (non-hydrogen) atoms. The molecule has 0 bridgehead atoms. The molecule has 150 valence electrons. The summed E-state index contributed by atoms with van der Waals surface area (Å²) in [5.41, 5.74) is 4.47. The van der Waals surface area contributed by atoms with Gasteiger partial charge in [-0.05, 0) is 56.3 Å². The average molecular weight is 410 g/mol. The molecule has 2 aliphatic rings. The van der Waals surface area contributed by atoms with Gasteiger partial charge in [-0.25, -0.2) is 4.90 Å². The summed E-state index contributed by atoms with van der Waals surface area (Å²) in [5.74, 6) is -0.546. The fraction of sp³-hybridized carbons (Fsp3) is 0.304. The van der Waals surface area contributed by atoms with Crippen LogP contribution in [0.2, 0.25) is 5.02 Å². The molecule has 1 fully saturated rings. The molecule has 0 aromatic heterocycles. The summed E-state index contributed by atoms with van der Waals surface area (Å²) in [5, 5.41) is 0.565. The largest absolute Gasteiger partial charge is 0.364 e. The number of aryl methyl sites for hydroxylation is 2. The highest BCUT2D eigenvalue weighted by Gasteiger charge is 2.43. The van der Waals surface area contributed by atoms with Crippen molar-refractivity contribution in [3.05, 3.63) is 69.9 Å². The maximum atomic E-state index is 13.5. The number of carbonyl (C=O) groups is 2. The van der Waals surface area contributed by atoms with E-state index in [0.29, 0.717) is 35.1 Å². The maximum Gasteiger partial charge on any atom is 0.282 e. The molecule has 2 aromatic rings. The normalized spacial score (nSPS) is 18.2. The molecule has 4 rings (SSSR count). The van der Waals surface area contributed by atoms with Crippen molar-refractivity contribution < 1.29 is 9.59 Å². The number of rotatable bonds is 3. The lowest BCUT2D eigenvalue weighted by molar-refractivity contribution is -0.120. The molecule has 0 unspecified atom stereocenters. The quantitative estimate of drug-likeness (QED) is 0.728. The van der Waals surface area contributed by atoms with Gasteiger partial charge >= 0.3 is 0 Å². The molecule has 0 spiro atoms. The molecule has 0 atom stereocenters. The molecule has 0 saturated carbocycles. The van der Waals surface area contributed by atoms with E-state index in [1.165, 1.54) is 4.90 Å². The van der Waals surface area contributed by atoms with Gasteiger partial charge < -0.3 is 9.80 Å². The predicted molar refractivity (Wildman–Crippen MR) is 116 cm³/mol. The number of carbonyl (C=O) groups excluding carboxylic acids is 2. The molecular formula is C23H24ClN3O2. The monoisotopic (exact) mass is 409 g/mol. The van der Waals surface area contributed by atoms with Gasteiger partial charge in [-0.1, -0.05) is 35.4 Å². The van der Waals surface area contributed by atoms with Crippen molar-refractivity contribution in [2.24, 2.45) is 0 Å². The van der Waals surface area contributed by atoms with Crippen molar-refractivity contribution >= 4 is 34.7 Å². The summed E-state index contributed by atoms with van der Waals surface area (Å²) in [4.78, 5) is 32.6. The van der Waals surface area contributed by atoms with Gasteiger partial charge in [0.25, 0.3) is 11.8 Å². The summed E-state index contributed by atoms with van der Waals surface area (Å²) in [6, 6.07) is 12.8. The summed E-state index contributed by atoms with van der Waals surface area (Å²) < 4.78 is 0. The Bertz CT molecular complexity index is 1010. The molecule has 0 aliphatic carbocycles. The molecule has 0 N–H and O–H groups in total. The van der Waals surface area contributed by atoms with Crippen LogP contribution in [0.5, 0.6) is 0 Å². The number of halogens is 1. The smallest absolute Gasteiger partial charge is 0.282 e. The van der Waals surface area contributed by atoms with Crippen molar-refractivity contribution in [3.63, 3.8) is 0 Å². The number of nitrogens with zero attached hydrogens (tertiary/aromatic N) is 3. The Hall–Kier alpha value is -2.63. The van der Waals surface area contributed by atoms with Crippen LogP contribution in [0.4, 0.5) is 5.69 Å². The van der Waals surface area contributed by atoms with Gasteiger partial charge in [0.2, 0.25) is 0 Å². The molecule has 5 nitrogen and oxygen atoms in total. The second-order valence-corrected chi connectivity index (χ2v) is 8.19. The SMILES string of the molecule is Cc1ccc(C2=C(N3CCN(C)CC3)C(=O)N(c3ccc(Cl)cc3)C2=O)c(C)c1. The third-order valence-corrected chi connectivity index (χ3v) is 5.87. The Balaban J connectivity index is 1.83. The number of hydrogen-bond donors (Lipinski definition) is 0. The second-order valence-electron chi connectivity index (χ2n) is 7.75. The van der Waals surface area contributed by atoms with Gasteiger partial charge in [0.05, 0.1) is 11.3 Å². The number of amides is 2. The molecule has 6 heteroatoms. The first-order chi connectivity index (χ1) is 13.9. The Morgan fingerprint density at radius 3 is 2.14 bits per heavy atom. The van der Waals surface area contributed by atoms with Crippen molar-refractivity contribution in [3.8, 4) is 0 Å². The molecule has 0 radical (unpaired) electrons. The van der Waals surface area contributed by atoms with Crippen molar-refractivity contribution in [2.45, 2.75) is 13.8 Å². The predicted octanol–water partition coefficient (Wildman–Crippen LogP) is 3.49. The number of anilines is 1. The molecule has 2 aromatic carbocycles. The lowest BCUT2D eigenvalue weighted by Crippen LogP contribution is -2.46. The molecule has 2 aliphatic heterocycles. The summed E-state index contributed by atoms with van der Waals surface area (Å²) in [6.45, 7) is 7.15. The lowest BCUT2D eigenvalue weighted by atomic mass is 9.97. The van der Waals surface area contributed by atoms with Crippen LogP contribution in [0, 0.1) is 13.8 Å². The molecule has 1 saturated heterocycles. The van der Waals surface area contributed by atoms with Gasteiger partial charge in [-0.15, -0.1) is 0 Å². The zero-order valence-electron chi connectivity index (χ0n) is 16.9. The third kappa shape index (κ3) is 3.56. The van der Waals surface area contributed by atoms with Crippen LogP contribution in [0.25, 0.3) is 5.57 Å². The number of likely N-dealkylation sites (N-methyl/N-ethyl adjacent to an activating group) is 1. The maximum absolute atomic E-state index is 13.5. The highest BCUT2D eigenvalue weighted by atomic mass is 35.5. The fourth-order valence-corrected chi connectivity index (χ4v) is 4.13. The first-order valence-corrected chi connectivity index (χ1v) is 10.1. The Morgan fingerprint density at radius 1 is 0.862 bits per heavy atom. The standard InChI is InChI=1S/C23H24ClN3O2/c1-15-4-9-19(16(2)14-15)20-21(26-12-10-25(3)11-13-26)23(29)27(22(20)28)18-7-5-17(24)6-8-18/h4-9,14H,10-13H2,1-3H3. The lowest BCUT2D eigenvalue weighted by Gasteiger charge is -2.34. The van der Waals surface area contributed by atoms with Crippen molar-refractivity contribution in [1.29, 1.82) is 0 Å². The zero-order valence-corrected chi connectivity index (χ0v) is 17.7. The van der Waals surface area contributed by atoms with Gasteiger partial charge in [-0.3, -0.25) is 9.59 Å². The summed E-state index contributed by atoms with van der Waals surface area (Å²) >= 11 is 6.00. The van der Waals surface area contributed by atoms with E-state index in [2.05, 4.69) is 16.8 Å². The van der Waals surface area contributed by atoms with Crippen LogP contribution in [0.1, 0.15) is 16.7 Å². The topological polar surface area (TPSA) is 43.9 Å². The first kappa shape index (κ1) is 19.7. The molecule has 2 heterocycles. The number of benzene rings is 2. The minimum Gasteiger partial charge on any atom is -0.364 e. The van der Waals surface area contributed by atoms with Crippen molar-refractivity contribution in [2.75, 3.05) is 38.1 Å². The van der Waals surface area contributed by atoms with Crippen LogP contribution in [0.15, 0.2) is 48.2 Å². The van der Waals surface area contributed by atoms with E-state index in [4.69, 9.17) is 11.6 Å². The highest BCUT2D eigenvalue weighted by Crippen LogP contribution is 2.36. The van der Waals surface area contributed by atoms with E-state index < -0.39 is 0 Å². The van der Waals surface area contributed by atoms with E-state index in [0.717, 1.165) is 29.8 Å². The van der Waals surface area contributed by atoms with Crippen LogP contribution in [-0.2, 0) is 9.59 Å². The third-order valence-electron chi connectivity index (χ3n) is 5.62. The highest BCUT2D eigenvalue weighted by molar-refractivity contribution is 6.45. The molecular weight excluding hydrogens is 386 g/mol. The first-order valence-electron chi connectivity index (χ1n) is 9.76. The number of hydrogen-bond acceptors (Lipinski definition) is 4. The fourth-order valence-electron chi connectivity index (χ4n) is 4.00. The number of imide groups is 1. The minimum atomic E-state index is -0.279. The van der Waals surface area contributed by atoms with Crippen LogP contribution >= 0.6 is 11.6 Å². The van der Waals surface area contributed by atoms with Crippen molar-refractivity contribution in [1.82, 2.24) is 9.80 Å². The number of piperazine rings is 1. The van der Waals surface area contributed by atoms with Gasteiger partial charge in [0, 0.05) is 31.2 Å². The van der Waals surface area contributed by atoms with Crippen LogP contribution in [0.3, 0.4) is 0 Å². The average Bonchev–Trinajstić information content (AvgIpc) is 2.94. The van der Waals surface area contributed by atoms with Gasteiger partial charge in [-0.2, -0.15) is 0 Å². The van der Waals surface area contributed by atoms with E-state index in [9.17, 15) is 9.59 Å². The minimum absolute atomic E-state index is 0.267. The Labute approximate surface area is 176 Å². The second kappa shape index (κ2) is 7.65. The summed E-state index contributed by atoms with van der Waals surface area (Å²) in [6.07, 6.45) is 0. The Kier molecular flexibility index (Phi) is 5.19. The van der Waals surface area contributed by atoms with E-state index in [1.807, 2.05) is 32.0 Å². The van der Waals surface area contributed by atoms with Crippen LogP contribution < -0.4 is 4.90 Å². The van der Waals surface area contributed by atoms with Crippen LogP contribution in [-0.4, -0.2) is 54.8 Å². The van der Waals surface area contributed by atoms with Gasteiger partial charge in [0.15, 0.2) is 0 Å². The molecule has 2 amide bonds. The Morgan fingerprint density at radius 2 is 1.52 bits per heavy atom. The van der Waals surface area contributed by atoms with E-state index in [-0.39, 0.29) is 11.8 Å². The van der Waals surface area contributed by atoms with E-state index >= 15 is 0 Å². The zero-order chi connectivity index (χ0) is 20.7. The van der Waals surface area contributed by atoms with Gasteiger partial charge in [0.1, 0.15) is 5.70 Å². The summed E-state index contributed by atoms with van der Waals surface area (Å²) in [7, 11) is 2.07. The van der Waals surface area contributed by atoms with E-state index in [1.54, 1.807) is 24.3 Å².